The number of aryl methyl sites for hydroxylation is 1. The van der Waals surface area contributed by atoms with Gasteiger partial charge in [0.05, 0.1) is 7.11 Å². The summed E-state index contributed by atoms with van der Waals surface area (Å²) in [6, 6.07) is 7.71. The average molecular weight is 351 g/mol. The van der Waals surface area contributed by atoms with Crippen molar-refractivity contribution in [3.05, 3.63) is 34.6 Å². The van der Waals surface area contributed by atoms with E-state index in [-0.39, 0.29) is 0 Å². The first-order chi connectivity index (χ1) is 10.1. The summed E-state index contributed by atoms with van der Waals surface area (Å²) in [4.78, 5) is 8.93. The lowest BCUT2D eigenvalue weighted by atomic mass is 10.3. The second-order valence-corrected chi connectivity index (χ2v) is 5.36. The normalized spacial score (nSPS) is 10.3. The third-order valence-corrected chi connectivity index (χ3v) is 3.28. The van der Waals surface area contributed by atoms with Crippen LogP contribution in [0, 0.1) is 0 Å². The van der Waals surface area contributed by atoms with Crippen LogP contribution in [0.15, 0.2) is 28.7 Å². The third-order valence-electron chi connectivity index (χ3n) is 2.83. The van der Waals surface area contributed by atoms with Gasteiger partial charge in [-0.25, -0.2) is 9.97 Å². The molecule has 0 radical (unpaired) electrons. The van der Waals surface area contributed by atoms with Gasteiger partial charge in [0, 0.05) is 35.3 Å². The van der Waals surface area contributed by atoms with E-state index in [1.54, 1.807) is 7.11 Å². The van der Waals surface area contributed by atoms with Gasteiger partial charge in [0.25, 0.3) is 0 Å². The van der Waals surface area contributed by atoms with Crippen LogP contribution < -0.4 is 15.4 Å². The molecule has 1 aromatic heterocycles. The van der Waals surface area contributed by atoms with Crippen molar-refractivity contribution in [2.45, 2.75) is 20.3 Å². The Morgan fingerprint density at radius 1 is 1.10 bits per heavy atom. The number of anilines is 3. The number of nitrogens with one attached hydrogen (secondary N) is 2. The SMILES string of the molecule is CCNc1cc(Nc2cc(Br)cc(OC)c2)nc(CC)n1. The number of ether oxygens (including phenoxy) is 1. The monoisotopic (exact) mass is 350 g/mol. The Kier molecular flexibility index (Phi) is 5.38. The summed E-state index contributed by atoms with van der Waals surface area (Å²) < 4.78 is 6.21. The number of rotatable bonds is 6. The van der Waals surface area contributed by atoms with Crippen molar-refractivity contribution in [1.82, 2.24) is 9.97 Å². The standard InChI is InChI=1S/C15H19BrN4O/c1-4-13-19-14(17-5-2)9-15(20-13)18-11-6-10(16)7-12(8-11)21-3/h6-9H,4-5H2,1-3H3,(H2,17,18,19,20). The molecule has 2 aromatic rings. The number of hydrogen-bond donors (Lipinski definition) is 2. The van der Waals surface area contributed by atoms with Crippen molar-refractivity contribution >= 4 is 33.3 Å². The highest BCUT2D eigenvalue weighted by Crippen LogP contribution is 2.27. The Labute approximate surface area is 133 Å². The van der Waals surface area contributed by atoms with Gasteiger partial charge < -0.3 is 15.4 Å². The predicted molar refractivity (Wildman–Crippen MR) is 89.6 cm³/mol. The molecule has 2 N–H and O–H groups in total. The average Bonchev–Trinajstić information content (AvgIpc) is 2.46. The lowest BCUT2D eigenvalue weighted by Gasteiger charge is -2.11. The Bertz CT molecular complexity index is 619. The molecule has 0 aliphatic rings. The van der Waals surface area contributed by atoms with E-state index in [1.165, 1.54) is 0 Å². The molecule has 0 amide bonds. The molecule has 0 saturated carbocycles. The van der Waals surface area contributed by atoms with Gasteiger partial charge in [0.2, 0.25) is 0 Å². The number of benzene rings is 1. The Hall–Kier alpha value is -1.82. The molecule has 0 atom stereocenters. The molecule has 6 heteroatoms. The minimum Gasteiger partial charge on any atom is -0.497 e. The Morgan fingerprint density at radius 3 is 2.52 bits per heavy atom. The topological polar surface area (TPSA) is 59.1 Å². The molecule has 21 heavy (non-hydrogen) atoms. The molecule has 112 valence electrons. The molecular weight excluding hydrogens is 332 g/mol. The van der Waals surface area contributed by atoms with Gasteiger partial charge in [-0.2, -0.15) is 0 Å². The van der Waals surface area contributed by atoms with Crippen LogP contribution in [-0.2, 0) is 6.42 Å². The smallest absolute Gasteiger partial charge is 0.136 e. The van der Waals surface area contributed by atoms with Crippen LogP contribution in [0.2, 0.25) is 0 Å². The maximum absolute atomic E-state index is 5.27. The van der Waals surface area contributed by atoms with Crippen LogP contribution in [0.5, 0.6) is 5.75 Å². The van der Waals surface area contributed by atoms with Crippen LogP contribution in [-0.4, -0.2) is 23.6 Å². The molecule has 2 rings (SSSR count). The lowest BCUT2D eigenvalue weighted by molar-refractivity contribution is 0.415. The first-order valence-electron chi connectivity index (χ1n) is 6.88. The first-order valence-corrected chi connectivity index (χ1v) is 7.67. The number of hydrogen-bond acceptors (Lipinski definition) is 5. The van der Waals surface area contributed by atoms with Crippen molar-refractivity contribution in [3.8, 4) is 5.75 Å². The summed E-state index contributed by atoms with van der Waals surface area (Å²) >= 11 is 3.47. The van der Waals surface area contributed by atoms with Gasteiger partial charge in [-0.05, 0) is 19.1 Å². The molecule has 5 nitrogen and oxygen atoms in total. The first kappa shape index (κ1) is 15.6. The van der Waals surface area contributed by atoms with Gasteiger partial charge in [-0.15, -0.1) is 0 Å². The predicted octanol–water partition coefficient (Wildman–Crippen LogP) is 3.99. The summed E-state index contributed by atoms with van der Waals surface area (Å²) in [6.07, 6.45) is 0.787. The summed E-state index contributed by atoms with van der Waals surface area (Å²) in [6.45, 7) is 4.90. The van der Waals surface area contributed by atoms with E-state index in [0.717, 1.165) is 46.3 Å². The summed E-state index contributed by atoms with van der Waals surface area (Å²) in [7, 11) is 1.65. The molecular formula is C15H19BrN4O. The molecule has 0 unspecified atom stereocenters. The largest absolute Gasteiger partial charge is 0.497 e. The fraction of sp³-hybridized carbons (Fsp3) is 0.333. The van der Waals surface area contributed by atoms with E-state index in [2.05, 4.69) is 36.5 Å². The van der Waals surface area contributed by atoms with Crippen LogP contribution >= 0.6 is 15.9 Å². The van der Waals surface area contributed by atoms with Gasteiger partial charge in [0.1, 0.15) is 23.2 Å². The highest BCUT2D eigenvalue weighted by Gasteiger charge is 2.05. The zero-order valence-corrected chi connectivity index (χ0v) is 14.0. The molecule has 0 fully saturated rings. The van der Waals surface area contributed by atoms with E-state index in [0.29, 0.717) is 0 Å². The number of aromatic nitrogens is 2. The molecule has 1 heterocycles. The van der Waals surface area contributed by atoms with Crippen LogP contribution in [0.3, 0.4) is 0 Å². The molecule has 0 spiro atoms. The number of methoxy groups -OCH3 is 1. The van der Waals surface area contributed by atoms with Crippen LogP contribution in [0.1, 0.15) is 19.7 Å². The quantitative estimate of drug-likeness (QED) is 0.824. The fourth-order valence-electron chi connectivity index (χ4n) is 1.89. The summed E-state index contributed by atoms with van der Waals surface area (Å²) in [5.41, 5.74) is 0.907. The van der Waals surface area contributed by atoms with Crippen molar-refractivity contribution in [3.63, 3.8) is 0 Å². The van der Waals surface area contributed by atoms with E-state index < -0.39 is 0 Å². The Balaban J connectivity index is 2.29. The lowest BCUT2D eigenvalue weighted by Crippen LogP contribution is -2.05. The van der Waals surface area contributed by atoms with Crippen LogP contribution in [0.25, 0.3) is 0 Å². The van der Waals surface area contributed by atoms with E-state index in [9.17, 15) is 0 Å². The molecule has 0 bridgehead atoms. The molecule has 1 aromatic carbocycles. The maximum Gasteiger partial charge on any atom is 0.136 e. The zero-order chi connectivity index (χ0) is 15.2. The number of halogens is 1. The van der Waals surface area contributed by atoms with E-state index in [4.69, 9.17) is 4.74 Å². The maximum atomic E-state index is 5.27. The number of nitrogens with zero attached hydrogens (tertiary/aromatic N) is 2. The highest BCUT2D eigenvalue weighted by molar-refractivity contribution is 9.10. The van der Waals surface area contributed by atoms with Gasteiger partial charge in [-0.3, -0.25) is 0 Å². The molecule has 0 aliphatic heterocycles. The van der Waals surface area contributed by atoms with Gasteiger partial charge in [-0.1, -0.05) is 22.9 Å². The Morgan fingerprint density at radius 2 is 1.86 bits per heavy atom. The fourth-order valence-corrected chi connectivity index (χ4v) is 2.36. The van der Waals surface area contributed by atoms with Crippen molar-refractivity contribution in [1.29, 1.82) is 0 Å². The van der Waals surface area contributed by atoms with E-state index in [1.807, 2.05) is 38.1 Å². The second kappa shape index (κ2) is 7.26. The van der Waals surface area contributed by atoms with E-state index >= 15 is 0 Å². The van der Waals surface area contributed by atoms with Gasteiger partial charge >= 0.3 is 0 Å². The van der Waals surface area contributed by atoms with Gasteiger partial charge in [0.15, 0.2) is 0 Å². The molecule has 0 saturated heterocycles. The minimum absolute atomic E-state index is 0.762. The molecule has 0 aliphatic carbocycles. The minimum atomic E-state index is 0.762. The summed E-state index contributed by atoms with van der Waals surface area (Å²) in [5.74, 6) is 3.17. The third kappa shape index (κ3) is 4.32. The van der Waals surface area contributed by atoms with Crippen LogP contribution in [0.4, 0.5) is 17.3 Å². The van der Waals surface area contributed by atoms with Crippen molar-refractivity contribution in [2.75, 3.05) is 24.3 Å². The zero-order valence-electron chi connectivity index (χ0n) is 12.4. The van der Waals surface area contributed by atoms with Crippen molar-refractivity contribution in [2.24, 2.45) is 0 Å². The second-order valence-electron chi connectivity index (χ2n) is 4.44. The summed E-state index contributed by atoms with van der Waals surface area (Å²) in [5, 5.41) is 6.51. The highest BCUT2D eigenvalue weighted by atomic mass is 79.9. The van der Waals surface area contributed by atoms with Crippen molar-refractivity contribution < 1.29 is 4.74 Å².